The van der Waals surface area contributed by atoms with Crippen molar-refractivity contribution in [2.45, 2.75) is 4.90 Å². The molecule has 2 aliphatic rings. The van der Waals surface area contributed by atoms with E-state index in [9.17, 15) is 17.6 Å². The number of amides is 1. The van der Waals surface area contributed by atoms with Gasteiger partial charge < -0.3 is 19.4 Å². The van der Waals surface area contributed by atoms with E-state index < -0.39 is 15.8 Å². The van der Waals surface area contributed by atoms with Gasteiger partial charge in [-0.15, -0.1) is 0 Å². The molecule has 2 heterocycles. The number of piperazine rings is 1. The van der Waals surface area contributed by atoms with Gasteiger partial charge in [-0.1, -0.05) is 0 Å². The van der Waals surface area contributed by atoms with Crippen molar-refractivity contribution in [3.8, 4) is 6.07 Å². The summed E-state index contributed by atoms with van der Waals surface area (Å²) in [6.07, 6.45) is 0. The molecule has 9 nitrogen and oxygen atoms in total. The molecule has 11 heteroatoms. The molecule has 0 aliphatic carbocycles. The smallest absolute Gasteiger partial charge is 0.256 e. The van der Waals surface area contributed by atoms with E-state index in [0.717, 1.165) is 0 Å². The molecule has 2 aromatic rings. The Labute approximate surface area is 191 Å². The Morgan fingerprint density at radius 2 is 1.61 bits per heavy atom. The Kier molecular flexibility index (Phi) is 6.51. The van der Waals surface area contributed by atoms with Gasteiger partial charge in [0.25, 0.3) is 5.91 Å². The average molecular weight is 474 g/mol. The van der Waals surface area contributed by atoms with Crippen LogP contribution in [0.4, 0.5) is 15.8 Å². The van der Waals surface area contributed by atoms with Crippen LogP contribution in [0.2, 0.25) is 0 Å². The molecule has 1 amide bonds. The first kappa shape index (κ1) is 23.0. The predicted octanol–water partition coefficient (Wildman–Crippen LogP) is 1.14. The van der Waals surface area contributed by atoms with Crippen molar-refractivity contribution in [1.29, 1.82) is 5.26 Å². The molecule has 2 N–H and O–H groups in total. The number of anilines is 2. The normalized spacial score (nSPS) is 17.1. The Morgan fingerprint density at radius 1 is 0.970 bits per heavy atom. The number of sulfonamides is 1. The Hall–Kier alpha value is -3.20. The molecule has 2 aliphatic heterocycles. The van der Waals surface area contributed by atoms with Gasteiger partial charge in [-0.25, -0.2) is 17.9 Å². The number of primary sulfonamides is 1. The van der Waals surface area contributed by atoms with Crippen molar-refractivity contribution >= 4 is 27.3 Å². The van der Waals surface area contributed by atoms with Crippen LogP contribution in [0.1, 0.15) is 15.9 Å². The Morgan fingerprint density at radius 3 is 2.21 bits per heavy atom. The standard InChI is InChI=1S/C22H24FN5O4S/c23-19-13-16(15-24)1-3-21(19)26-5-7-28(8-6-26)22(29)18-14-17(33(25,30)31)2-4-20(18)27-9-11-32-12-10-27/h1-4,13-14H,5-12H2,(H2,25,30,31). The van der Waals surface area contributed by atoms with E-state index in [1.165, 1.54) is 18.2 Å². The molecule has 2 fully saturated rings. The lowest BCUT2D eigenvalue weighted by Gasteiger charge is -2.37. The van der Waals surface area contributed by atoms with Crippen molar-refractivity contribution in [2.24, 2.45) is 5.14 Å². The van der Waals surface area contributed by atoms with Crippen LogP contribution in [-0.2, 0) is 14.8 Å². The van der Waals surface area contributed by atoms with Gasteiger partial charge in [-0.2, -0.15) is 5.26 Å². The van der Waals surface area contributed by atoms with E-state index >= 15 is 0 Å². The zero-order valence-electron chi connectivity index (χ0n) is 17.9. The van der Waals surface area contributed by atoms with Crippen LogP contribution < -0.4 is 14.9 Å². The number of hydrogen-bond acceptors (Lipinski definition) is 7. The van der Waals surface area contributed by atoms with E-state index in [4.69, 9.17) is 15.1 Å². The highest BCUT2D eigenvalue weighted by Crippen LogP contribution is 2.28. The van der Waals surface area contributed by atoms with Crippen LogP contribution in [0.3, 0.4) is 0 Å². The van der Waals surface area contributed by atoms with Crippen LogP contribution in [0.25, 0.3) is 0 Å². The number of morpholine rings is 1. The summed E-state index contributed by atoms with van der Waals surface area (Å²) in [5.74, 6) is -0.786. The summed E-state index contributed by atoms with van der Waals surface area (Å²) in [5, 5.41) is 14.2. The molecule has 174 valence electrons. The lowest BCUT2D eigenvalue weighted by Crippen LogP contribution is -2.49. The molecule has 0 aromatic heterocycles. The molecular weight excluding hydrogens is 449 g/mol. The van der Waals surface area contributed by atoms with Crippen molar-refractivity contribution in [1.82, 2.24) is 4.90 Å². The number of nitrogens with two attached hydrogens (primary N) is 1. The van der Waals surface area contributed by atoms with E-state index in [1.807, 2.05) is 15.9 Å². The predicted molar refractivity (Wildman–Crippen MR) is 120 cm³/mol. The number of nitriles is 1. The van der Waals surface area contributed by atoms with Crippen LogP contribution in [0.5, 0.6) is 0 Å². The summed E-state index contributed by atoms with van der Waals surface area (Å²) in [6.45, 7) is 3.66. The number of nitrogens with zero attached hydrogens (tertiary/aromatic N) is 4. The van der Waals surface area contributed by atoms with E-state index in [-0.39, 0.29) is 21.9 Å². The van der Waals surface area contributed by atoms with Gasteiger partial charge in [-0.3, -0.25) is 4.79 Å². The second kappa shape index (κ2) is 9.35. The molecule has 0 bridgehead atoms. The van der Waals surface area contributed by atoms with Gasteiger partial charge in [-0.05, 0) is 36.4 Å². The zero-order chi connectivity index (χ0) is 23.6. The van der Waals surface area contributed by atoms with Gasteiger partial charge in [0.05, 0.1) is 41.0 Å². The van der Waals surface area contributed by atoms with Crippen molar-refractivity contribution in [3.63, 3.8) is 0 Å². The maximum Gasteiger partial charge on any atom is 0.256 e. The number of carbonyl (C=O) groups is 1. The second-order valence-electron chi connectivity index (χ2n) is 7.88. The van der Waals surface area contributed by atoms with E-state index in [2.05, 4.69) is 0 Å². The number of hydrogen-bond donors (Lipinski definition) is 1. The molecule has 2 saturated heterocycles. The number of carbonyl (C=O) groups excluding carboxylic acids is 1. The number of ether oxygens (including phenoxy) is 1. The fourth-order valence-corrected chi connectivity index (χ4v) is 4.64. The summed E-state index contributed by atoms with van der Waals surface area (Å²) >= 11 is 0. The van der Waals surface area contributed by atoms with Crippen LogP contribution in [0, 0.1) is 17.1 Å². The van der Waals surface area contributed by atoms with Crippen LogP contribution >= 0.6 is 0 Å². The third kappa shape index (κ3) is 4.93. The fourth-order valence-electron chi connectivity index (χ4n) is 4.10. The highest BCUT2D eigenvalue weighted by atomic mass is 32.2. The molecule has 33 heavy (non-hydrogen) atoms. The summed E-state index contributed by atoms with van der Waals surface area (Å²) in [6, 6.07) is 10.6. The fraction of sp³-hybridized carbons (Fsp3) is 0.364. The first-order chi connectivity index (χ1) is 15.8. The molecule has 0 saturated carbocycles. The quantitative estimate of drug-likeness (QED) is 0.707. The average Bonchev–Trinajstić information content (AvgIpc) is 2.83. The highest BCUT2D eigenvalue weighted by Gasteiger charge is 2.28. The molecular formula is C22H24FN5O4S. The highest BCUT2D eigenvalue weighted by molar-refractivity contribution is 7.89. The van der Waals surface area contributed by atoms with Gasteiger partial charge in [0.15, 0.2) is 0 Å². The first-order valence-electron chi connectivity index (χ1n) is 10.5. The van der Waals surface area contributed by atoms with Crippen molar-refractivity contribution in [3.05, 3.63) is 53.3 Å². The SMILES string of the molecule is N#Cc1ccc(N2CCN(C(=O)c3cc(S(N)(=O)=O)ccc3N3CCOCC3)CC2)c(F)c1. The lowest BCUT2D eigenvalue weighted by molar-refractivity contribution is 0.0745. The Balaban J connectivity index is 1.56. The molecule has 0 radical (unpaired) electrons. The molecule has 0 spiro atoms. The summed E-state index contributed by atoms with van der Waals surface area (Å²) in [4.78, 5) is 18.8. The molecule has 2 aromatic carbocycles. The number of halogens is 1. The molecule has 0 atom stereocenters. The maximum atomic E-state index is 14.4. The topological polar surface area (TPSA) is 120 Å². The second-order valence-corrected chi connectivity index (χ2v) is 9.44. The van der Waals surface area contributed by atoms with E-state index in [1.54, 1.807) is 23.1 Å². The minimum absolute atomic E-state index is 0.124. The monoisotopic (exact) mass is 473 g/mol. The van der Waals surface area contributed by atoms with Crippen LogP contribution in [-0.4, -0.2) is 71.7 Å². The van der Waals surface area contributed by atoms with Crippen molar-refractivity contribution < 1.29 is 22.3 Å². The largest absolute Gasteiger partial charge is 0.378 e. The zero-order valence-corrected chi connectivity index (χ0v) is 18.7. The van der Waals surface area contributed by atoms with Gasteiger partial charge >= 0.3 is 0 Å². The van der Waals surface area contributed by atoms with Crippen molar-refractivity contribution in [2.75, 3.05) is 62.3 Å². The third-order valence-corrected chi connectivity index (χ3v) is 6.77. The number of rotatable bonds is 4. The third-order valence-electron chi connectivity index (χ3n) is 5.86. The summed E-state index contributed by atoms with van der Waals surface area (Å²) in [7, 11) is -3.98. The van der Waals surface area contributed by atoms with Crippen LogP contribution in [0.15, 0.2) is 41.3 Å². The first-order valence-corrected chi connectivity index (χ1v) is 12.1. The minimum atomic E-state index is -3.98. The molecule has 0 unspecified atom stereocenters. The van der Waals surface area contributed by atoms with Gasteiger partial charge in [0.2, 0.25) is 10.0 Å². The Bertz CT molecular complexity index is 1200. The maximum absolute atomic E-state index is 14.4. The molecule has 4 rings (SSSR count). The minimum Gasteiger partial charge on any atom is -0.378 e. The van der Waals surface area contributed by atoms with E-state index in [0.29, 0.717) is 63.9 Å². The van der Waals surface area contributed by atoms with Gasteiger partial charge in [0.1, 0.15) is 5.82 Å². The number of benzene rings is 2. The van der Waals surface area contributed by atoms with Gasteiger partial charge in [0, 0.05) is 45.0 Å². The summed E-state index contributed by atoms with van der Waals surface area (Å²) < 4.78 is 43.6. The lowest BCUT2D eigenvalue weighted by atomic mass is 10.1. The summed E-state index contributed by atoms with van der Waals surface area (Å²) in [5.41, 5.74) is 1.53.